The van der Waals surface area contributed by atoms with Crippen molar-refractivity contribution in [1.82, 2.24) is 10.0 Å². The number of carboxylic acid groups (broad SMARTS) is 1. The number of benzene rings is 1. The van der Waals surface area contributed by atoms with Crippen LogP contribution in [-0.4, -0.2) is 44.5 Å². The van der Waals surface area contributed by atoms with Crippen molar-refractivity contribution in [2.45, 2.75) is 62.8 Å². The van der Waals surface area contributed by atoms with E-state index < -0.39 is 22.0 Å². The Labute approximate surface area is 188 Å². The molecule has 0 aromatic heterocycles. The topological polar surface area (TPSA) is 161 Å². The van der Waals surface area contributed by atoms with Gasteiger partial charge in [0, 0.05) is 30.0 Å². The van der Waals surface area contributed by atoms with Crippen molar-refractivity contribution < 1.29 is 23.1 Å². The molecule has 0 saturated heterocycles. The Morgan fingerprint density at radius 2 is 1.81 bits per heavy atom. The number of nitrogens with zero attached hydrogens (tertiary/aromatic N) is 3. The van der Waals surface area contributed by atoms with Crippen LogP contribution in [0, 0.1) is 11.8 Å². The van der Waals surface area contributed by atoms with Crippen LogP contribution in [0.4, 0.5) is 0 Å². The van der Waals surface area contributed by atoms with Crippen LogP contribution in [-0.2, 0) is 19.6 Å². The van der Waals surface area contributed by atoms with Crippen molar-refractivity contribution in [2.75, 3.05) is 13.1 Å². The summed E-state index contributed by atoms with van der Waals surface area (Å²) in [5.74, 6) is -1.16. The van der Waals surface area contributed by atoms with E-state index in [2.05, 4.69) is 20.1 Å². The average Bonchev–Trinajstić information content (AvgIpc) is 2.76. The Bertz CT molecular complexity index is 930. The molecule has 3 N–H and O–H groups in total. The molecule has 1 saturated carbocycles. The highest BCUT2D eigenvalue weighted by molar-refractivity contribution is 7.89. The van der Waals surface area contributed by atoms with Gasteiger partial charge in [0.1, 0.15) is 0 Å². The summed E-state index contributed by atoms with van der Waals surface area (Å²) in [5, 5.41) is 15.0. The number of hydrogen-bond acceptors (Lipinski definition) is 5. The van der Waals surface area contributed by atoms with Crippen LogP contribution in [0.15, 0.2) is 34.3 Å². The standard InChI is InChI=1S/C21H31N5O5S/c1-14(2)16-7-9-19(10-8-16)32(30,31)24-12-15-3-5-17(6-4-15)21(29)25-18(11-20(27)28)13-23-26-22/h7-10,14-15,17-18,24H,3-6,11-13H2,1-2H3,(H,25,29)(H,27,28)/t15?,17?,18-/m0/s1. The van der Waals surface area contributed by atoms with Gasteiger partial charge in [0.15, 0.2) is 0 Å². The summed E-state index contributed by atoms with van der Waals surface area (Å²) in [6.45, 7) is 4.28. The first-order chi connectivity index (χ1) is 15.1. The number of nitrogens with one attached hydrogen (secondary N) is 2. The van der Waals surface area contributed by atoms with Crippen molar-refractivity contribution in [3.63, 3.8) is 0 Å². The molecular formula is C21H31N5O5S. The SMILES string of the molecule is CC(C)c1ccc(S(=O)(=O)NCC2CCC(C(=O)N[C@H](CN=[N+]=[N-])CC(=O)O)CC2)cc1. The highest BCUT2D eigenvalue weighted by Crippen LogP contribution is 2.29. The molecule has 1 atom stereocenters. The molecule has 1 aromatic rings. The molecule has 1 aromatic carbocycles. The van der Waals surface area contributed by atoms with Crippen LogP contribution in [0.5, 0.6) is 0 Å². The number of sulfonamides is 1. The van der Waals surface area contributed by atoms with Gasteiger partial charge in [-0.3, -0.25) is 9.59 Å². The zero-order valence-corrected chi connectivity index (χ0v) is 19.2. The maximum atomic E-state index is 12.6. The summed E-state index contributed by atoms with van der Waals surface area (Å²) in [5.41, 5.74) is 9.50. The predicted octanol–water partition coefficient (Wildman–Crippen LogP) is 3.16. The maximum Gasteiger partial charge on any atom is 0.305 e. The van der Waals surface area contributed by atoms with Crippen LogP contribution >= 0.6 is 0 Å². The molecule has 176 valence electrons. The molecule has 1 amide bonds. The number of carbonyl (C=O) groups excluding carboxylic acids is 1. The van der Waals surface area contributed by atoms with Crippen LogP contribution in [0.3, 0.4) is 0 Å². The normalized spacial score (nSPS) is 19.7. The highest BCUT2D eigenvalue weighted by Gasteiger charge is 2.29. The first-order valence-corrected chi connectivity index (χ1v) is 12.2. The van der Waals surface area contributed by atoms with Gasteiger partial charge in [0.25, 0.3) is 0 Å². The maximum absolute atomic E-state index is 12.6. The molecule has 10 nitrogen and oxygen atoms in total. The van der Waals surface area contributed by atoms with E-state index in [0.29, 0.717) is 38.1 Å². The minimum Gasteiger partial charge on any atom is -0.481 e. The summed E-state index contributed by atoms with van der Waals surface area (Å²) in [6, 6.07) is 6.12. The number of hydrogen-bond donors (Lipinski definition) is 3. The van der Waals surface area contributed by atoms with Crippen LogP contribution in [0.25, 0.3) is 10.4 Å². The molecular weight excluding hydrogens is 434 g/mol. The van der Waals surface area contributed by atoms with E-state index in [1.165, 1.54) is 0 Å². The molecule has 0 unspecified atom stereocenters. The van der Waals surface area contributed by atoms with Crippen molar-refractivity contribution in [1.29, 1.82) is 0 Å². The van der Waals surface area contributed by atoms with Crippen molar-refractivity contribution in [2.24, 2.45) is 17.0 Å². The summed E-state index contributed by atoms with van der Waals surface area (Å²) in [4.78, 5) is 26.3. The predicted molar refractivity (Wildman–Crippen MR) is 119 cm³/mol. The lowest BCUT2D eigenvalue weighted by atomic mass is 9.81. The van der Waals surface area contributed by atoms with Gasteiger partial charge in [-0.1, -0.05) is 31.1 Å². The fourth-order valence-corrected chi connectivity index (χ4v) is 4.91. The molecule has 1 aliphatic rings. The Kier molecular flexibility index (Phi) is 9.49. The molecule has 0 heterocycles. The Morgan fingerprint density at radius 3 is 2.34 bits per heavy atom. The number of carbonyl (C=O) groups is 2. The van der Waals surface area contributed by atoms with Crippen molar-refractivity contribution >= 4 is 21.9 Å². The van der Waals surface area contributed by atoms with E-state index in [4.69, 9.17) is 10.6 Å². The third-order valence-corrected chi connectivity index (χ3v) is 7.21. The number of azide groups is 1. The van der Waals surface area contributed by atoms with Crippen LogP contribution in [0.1, 0.15) is 57.4 Å². The third kappa shape index (κ3) is 7.81. The second-order valence-electron chi connectivity index (χ2n) is 8.51. The zero-order valence-electron chi connectivity index (χ0n) is 18.4. The Balaban J connectivity index is 1.83. The van der Waals surface area contributed by atoms with E-state index >= 15 is 0 Å². The van der Waals surface area contributed by atoms with E-state index in [-0.39, 0.29) is 35.6 Å². The number of amides is 1. The first kappa shape index (κ1) is 25.6. The summed E-state index contributed by atoms with van der Waals surface area (Å²) < 4.78 is 27.8. The van der Waals surface area contributed by atoms with Gasteiger partial charge in [-0.05, 0) is 60.7 Å². The highest BCUT2D eigenvalue weighted by atomic mass is 32.2. The monoisotopic (exact) mass is 465 g/mol. The van der Waals surface area contributed by atoms with E-state index in [0.717, 1.165) is 5.56 Å². The zero-order chi connectivity index (χ0) is 23.7. The molecule has 32 heavy (non-hydrogen) atoms. The van der Waals surface area contributed by atoms with Gasteiger partial charge in [-0.15, -0.1) is 0 Å². The summed E-state index contributed by atoms with van der Waals surface area (Å²) in [6.07, 6.45) is 2.23. The van der Waals surface area contributed by atoms with Gasteiger partial charge in [0.05, 0.1) is 11.3 Å². The number of aliphatic carboxylic acids is 1. The lowest BCUT2D eigenvalue weighted by molar-refractivity contribution is -0.137. The van der Waals surface area contributed by atoms with Gasteiger partial charge in [-0.2, -0.15) is 0 Å². The Hall–Kier alpha value is -2.62. The Morgan fingerprint density at radius 1 is 1.19 bits per heavy atom. The lowest BCUT2D eigenvalue weighted by Crippen LogP contribution is -2.43. The smallest absolute Gasteiger partial charge is 0.305 e. The van der Waals surface area contributed by atoms with Gasteiger partial charge in [-0.25, -0.2) is 13.1 Å². The molecule has 0 radical (unpaired) electrons. The van der Waals surface area contributed by atoms with Gasteiger partial charge in [0.2, 0.25) is 15.9 Å². The van der Waals surface area contributed by atoms with E-state index in [9.17, 15) is 18.0 Å². The van der Waals surface area contributed by atoms with Gasteiger partial charge < -0.3 is 10.4 Å². The summed E-state index contributed by atoms with van der Waals surface area (Å²) in [7, 11) is -3.59. The minimum absolute atomic E-state index is 0.121. The fourth-order valence-electron chi connectivity index (χ4n) is 3.80. The second kappa shape index (κ2) is 11.8. The molecule has 2 rings (SSSR count). The molecule has 1 aliphatic carbocycles. The average molecular weight is 466 g/mol. The number of carboxylic acids is 1. The van der Waals surface area contributed by atoms with Crippen molar-refractivity contribution in [3.05, 3.63) is 40.3 Å². The van der Waals surface area contributed by atoms with Gasteiger partial charge >= 0.3 is 5.97 Å². The molecule has 1 fully saturated rings. The van der Waals surface area contributed by atoms with E-state index in [1.807, 2.05) is 26.0 Å². The van der Waals surface area contributed by atoms with Crippen LogP contribution in [0.2, 0.25) is 0 Å². The molecule has 11 heteroatoms. The lowest BCUT2D eigenvalue weighted by Gasteiger charge is -2.29. The van der Waals surface area contributed by atoms with E-state index in [1.54, 1.807) is 12.1 Å². The fraction of sp³-hybridized carbons (Fsp3) is 0.619. The number of rotatable bonds is 11. The van der Waals surface area contributed by atoms with Crippen LogP contribution < -0.4 is 10.0 Å². The molecule has 0 aliphatic heterocycles. The third-order valence-electron chi connectivity index (χ3n) is 5.77. The molecule has 0 bridgehead atoms. The van der Waals surface area contributed by atoms with Crippen molar-refractivity contribution in [3.8, 4) is 0 Å². The minimum atomic E-state index is -3.59. The first-order valence-electron chi connectivity index (χ1n) is 10.7. The quantitative estimate of drug-likeness (QED) is 0.259. The molecule has 0 spiro atoms. The summed E-state index contributed by atoms with van der Waals surface area (Å²) >= 11 is 0. The second-order valence-corrected chi connectivity index (χ2v) is 10.3. The largest absolute Gasteiger partial charge is 0.481 e.